The van der Waals surface area contributed by atoms with Crippen molar-refractivity contribution in [1.82, 2.24) is 0 Å². The number of hydrogen-bond donors (Lipinski definition) is 1. The summed E-state index contributed by atoms with van der Waals surface area (Å²) >= 11 is 0. The highest BCUT2D eigenvalue weighted by molar-refractivity contribution is 4.74. The van der Waals surface area contributed by atoms with Crippen LogP contribution in [0.3, 0.4) is 0 Å². The molecule has 1 rings (SSSR count). The molecule has 2 nitrogen and oxygen atoms in total. The summed E-state index contributed by atoms with van der Waals surface area (Å²) in [6.45, 7) is -1.04. The molecule has 0 spiro atoms. The van der Waals surface area contributed by atoms with Crippen LogP contribution in [0.25, 0.3) is 0 Å². The second-order valence-corrected chi connectivity index (χ2v) is 4.44. The number of hydrogen-bond acceptors (Lipinski definition) is 2. The van der Waals surface area contributed by atoms with Gasteiger partial charge in [0.2, 0.25) is 0 Å². The largest absolute Gasteiger partial charge is 0.411 e. The van der Waals surface area contributed by atoms with Crippen molar-refractivity contribution in [2.24, 2.45) is 11.8 Å². The summed E-state index contributed by atoms with van der Waals surface area (Å²) in [6, 6.07) is 0. The van der Waals surface area contributed by atoms with Crippen LogP contribution in [0, 0.1) is 11.8 Å². The zero-order valence-electron chi connectivity index (χ0n) is 9.30. The molecule has 1 aliphatic rings. The molecule has 1 atom stereocenters. The van der Waals surface area contributed by atoms with E-state index in [1.165, 1.54) is 12.8 Å². The van der Waals surface area contributed by atoms with E-state index >= 15 is 0 Å². The van der Waals surface area contributed by atoms with Crippen LogP contribution in [0.1, 0.15) is 32.1 Å². The maximum Gasteiger partial charge on any atom is 0.411 e. The van der Waals surface area contributed by atoms with E-state index in [-0.39, 0.29) is 19.1 Å². The summed E-state index contributed by atoms with van der Waals surface area (Å²) in [6.07, 6.45) is 0.795. The second-order valence-electron chi connectivity index (χ2n) is 4.44. The number of aliphatic hydroxyl groups excluding tert-OH is 1. The van der Waals surface area contributed by atoms with E-state index in [0.717, 1.165) is 12.8 Å². The number of rotatable bonds is 6. The van der Waals surface area contributed by atoms with Crippen molar-refractivity contribution < 1.29 is 23.0 Å². The normalized spacial score (nSPS) is 20.2. The maximum atomic E-state index is 11.8. The smallest absolute Gasteiger partial charge is 0.396 e. The summed E-state index contributed by atoms with van der Waals surface area (Å²) < 4.78 is 39.9. The van der Waals surface area contributed by atoms with Crippen LogP contribution >= 0.6 is 0 Å². The Kier molecular flexibility index (Phi) is 5.55. The molecule has 0 saturated heterocycles. The third-order valence-electron chi connectivity index (χ3n) is 3.20. The molecule has 0 heterocycles. The molecule has 16 heavy (non-hydrogen) atoms. The summed E-state index contributed by atoms with van der Waals surface area (Å²) in [5.74, 6) is 0.579. The molecule has 0 amide bonds. The molecule has 96 valence electrons. The summed E-state index contributed by atoms with van der Waals surface area (Å²) in [5, 5.41) is 9.17. The number of ether oxygens (including phenoxy) is 1. The third-order valence-corrected chi connectivity index (χ3v) is 3.20. The third kappa shape index (κ3) is 5.16. The van der Waals surface area contributed by atoms with E-state index in [2.05, 4.69) is 4.74 Å². The highest BCUT2D eigenvalue weighted by Gasteiger charge is 2.28. The fourth-order valence-electron chi connectivity index (χ4n) is 2.33. The Balaban J connectivity index is 2.14. The zero-order valence-corrected chi connectivity index (χ0v) is 9.30. The molecule has 0 aromatic rings. The molecule has 1 saturated carbocycles. The Morgan fingerprint density at radius 3 is 2.38 bits per heavy atom. The Morgan fingerprint density at radius 1 is 1.25 bits per heavy atom. The van der Waals surface area contributed by atoms with Gasteiger partial charge in [-0.3, -0.25) is 0 Å². The molecule has 1 aliphatic carbocycles. The van der Waals surface area contributed by atoms with Crippen LogP contribution in [0.4, 0.5) is 13.2 Å². The minimum Gasteiger partial charge on any atom is -0.396 e. The zero-order chi connectivity index (χ0) is 12.0. The van der Waals surface area contributed by atoms with E-state index in [1.54, 1.807) is 0 Å². The van der Waals surface area contributed by atoms with Gasteiger partial charge >= 0.3 is 6.18 Å². The minimum absolute atomic E-state index is 0.0556. The molecule has 0 radical (unpaired) electrons. The molecule has 1 unspecified atom stereocenters. The van der Waals surface area contributed by atoms with Crippen LogP contribution in [0.5, 0.6) is 0 Å². The van der Waals surface area contributed by atoms with Crippen LogP contribution in [-0.4, -0.2) is 31.1 Å². The first kappa shape index (κ1) is 13.8. The van der Waals surface area contributed by atoms with Gasteiger partial charge in [0, 0.05) is 13.2 Å². The lowest BCUT2D eigenvalue weighted by molar-refractivity contribution is -0.175. The average Bonchev–Trinajstić information content (AvgIpc) is 2.69. The topological polar surface area (TPSA) is 29.5 Å². The molecule has 0 aromatic carbocycles. The maximum absolute atomic E-state index is 11.8. The van der Waals surface area contributed by atoms with Gasteiger partial charge in [-0.25, -0.2) is 0 Å². The molecular weight excluding hydrogens is 221 g/mol. The molecule has 1 fully saturated rings. The van der Waals surface area contributed by atoms with E-state index in [9.17, 15) is 13.2 Å². The predicted octanol–water partition coefficient (Wildman–Crippen LogP) is 2.75. The van der Waals surface area contributed by atoms with Crippen molar-refractivity contribution in [3.05, 3.63) is 0 Å². The van der Waals surface area contributed by atoms with Crippen LogP contribution < -0.4 is 0 Å². The van der Waals surface area contributed by atoms with Crippen molar-refractivity contribution >= 4 is 0 Å². The fraction of sp³-hybridized carbons (Fsp3) is 1.00. The van der Waals surface area contributed by atoms with Crippen LogP contribution in [0.15, 0.2) is 0 Å². The molecule has 0 aromatic heterocycles. The van der Waals surface area contributed by atoms with Gasteiger partial charge in [-0.2, -0.15) is 13.2 Å². The van der Waals surface area contributed by atoms with Crippen LogP contribution in [-0.2, 0) is 4.74 Å². The Hall–Kier alpha value is -0.290. The predicted molar refractivity (Wildman–Crippen MR) is 54.0 cm³/mol. The molecule has 1 N–H and O–H groups in total. The first-order valence-corrected chi connectivity index (χ1v) is 5.78. The summed E-state index contributed by atoms with van der Waals surface area (Å²) in [7, 11) is 0. The van der Waals surface area contributed by atoms with Gasteiger partial charge in [-0.05, 0) is 18.3 Å². The van der Waals surface area contributed by atoms with Crippen molar-refractivity contribution in [3.63, 3.8) is 0 Å². The van der Waals surface area contributed by atoms with E-state index in [1.807, 2.05) is 0 Å². The summed E-state index contributed by atoms with van der Waals surface area (Å²) in [4.78, 5) is 0. The SMILES string of the molecule is OCC(CCOCC(F)(F)F)C1CCCC1. The first-order chi connectivity index (χ1) is 7.53. The van der Waals surface area contributed by atoms with Gasteiger partial charge in [0.1, 0.15) is 6.61 Å². The van der Waals surface area contributed by atoms with Gasteiger partial charge in [0.25, 0.3) is 0 Å². The average molecular weight is 240 g/mol. The van der Waals surface area contributed by atoms with Gasteiger partial charge in [0.05, 0.1) is 0 Å². The Labute approximate surface area is 93.8 Å². The minimum atomic E-state index is -4.25. The number of aliphatic hydroxyl groups is 1. The highest BCUT2D eigenvalue weighted by atomic mass is 19.4. The number of halogens is 3. The van der Waals surface area contributed by atoms with Gasteiger partial charge in [-0.15, -0.1) is 0 Å². The van der Waals surface area contributed by atoms with E-state index in [4.69, 9.17) is 5.11 Å². The lowest BCUT2D eigenvalue weighted by atomic mass is 9.89. The van der Waals surface area contributed by atoms with E-state index < -0.39 is 12.8 Å². The van der Waals surface area contributed by atoms with Crippen molar-refractivity contribution in [2.45, 2.75) is 38.3 Å². The standard InChI is InChI=1S/C11H19F3O2/c12-11(13,14)8-16-6-5-10(7-15)9-3-1-2-4-9/h9-10,15H,1-8H2. The van der Waals surface area contributed by atoms with Crippen molar-refractivity contribution in [1.29, 1.82) is 0 Å². The summed E-state index contributed by atoms with van der Waals surface area (Å²) in [5.41, 5.74) is 0. The highest BCUT2D eigenvalue weighted by Crippen LogP contribution is 2.32. The Bertz CT molecular complexity index is 188. The first-order valence-electron chi connectivity index (χ1n) is 5.78. The van der Waals surface area contributed by atoms with Crippen molar-refractivity contribution in [2.75, 3.05) is 19.8 Å². The van der Waals surface area contributed by atoms with Gasteiger partial charge < -0.3 is 9.84 Å². The molecule has 5 heteroatoms. The van der Waals surface area contributed by atoms with Gasteiger partial charge in [-0.1, -0.05) is 25.7 Å². The molecule has 0 aliphatic heterocycles. The van der Waals surface area contributed by atoms with E-state index in [0.29, 0.717) is 12.3 Å². The lowest BCUT2D eigenvalue weighted by Gasteiger charge is -2.21. The Morgan fingerprint density at radius 2 is 1.88 bits per heavy atom. The molecule has 0 bridgehead atoms. The second kappa shape index (κ2) is 6.45. The van der Waals surface area contributed by atoms with Gasteiger partial charge in [0.15, 0.2) is 0 Å². The lowest BCUT2D eigenvalue weighted by Crippen LogP contribution is -2.21. The van der Waals surface area contributed by atoms with Crippen molar-refractivity contribution in [3.8, 4) is 0 Å². The quantitative estimate of drug-likeness (QED) is 0.723. The number of alkyl halides is 3. The molecular formula is C11H19F3O2. The van der Waals surface area contributed by atoms with Crippen LogP contribution in [0.2, 0.25) is 0 Å². The fourth-order valence-corrected chi connectivity index (χ4v) is 2.33. The monoisotopic (exact) mass is 240 g/mol.